The minimum atomic E-state index is -0.788. The van der Waals surface area contributed by atoms with Gasteiger partial charge >= 0.3 is 5.97 Å². The fraction of sp³-hybridized carbons (Fsp3) is 0.417. The van der Waals surface area contributed by atoms with Gasteiger partial charge in [0.1, 0.15) is 12.2 Å². The van der Waals surface area contributed by atoms with E-state index in [1.165, 1.54) is 11.3 Å². The molecule has 0 aliphatic carbocycles. The van der Waals surface area contributed by atoms with Crippen LogP contribution >= 0.6 is 11.3 Å². The van der Waals surface area contributed by atoms with Crippen molar-refractivity contribution in [3.8, 4) is 0 Å². The van der Waals surface area contributed by atoms with Crippen LogP contribution in [0.15, 0.2) is 18.5 Å². The molecule has 0 atom stereocenters. The van der Waals surface area contributed by atoms with Gasteiger partial charge < -0.3 is 15.0 Å². The molecule has 0 saturated heterocycles. The first-order chi connectivity index (χ1) is 9.15. The lowest BCUT2D eigenvalue weighted by Gasteiger charge is -2.02. The number of nitrogens with zero attached hydrogens (tertiary/aromatic N) is 3. The van der Waals surface area contributed by atoms with E-state index in [-0.39, 0.29) is 6.42 Å². The minimum absolute atomic E-state index is 0.101. The highest BCUT2D eigenvalue weighted by Crippen LogP contribution is 2.16. The van der Waals surface area contributed by atoms with Crippen molar-refractivity contribution in [3.05, 3.63) is 34.0 Å². The quantitative estimate of drug-likeness (QED) is 0.735. The number of rotatable bonds is 7. The Balaban J connectivity index is 1.72. The van der Waals surface area contributed by atoms with Gasteiger partial charge in [-0.25, -0.2) is 0 Å². The lowest BCUT2D eigenvalue weighted by atomic mass is 10.3. The summed E-state index contributed by atoms with van der Waals surface area (Å²) in [5.41, 5.74) is 0. The number of carboxylic acids is 1. The molecule has 0 fully saturated rings. The van der Waals surface area contributed by atoms with Gasteiger partial charge in [-0.15, -0.1) is 21.5 Å². The van der Waals surface area contributed by atoms with E-state index >= 15 is 0 Å². The summed E-state index contributed by atoms with van der Waals surface area (Å²) in [7, 11) is 1.92. The fourth-order valence-corrected chi connectivity index (χ4v) is 2.69. The standard InChI is InChI=1S/C12H16N4O2S/c1-16-8-14-15-11(16)4-5-13-7-10-3-2-9(19-10)6-12(17)18/h2-3,8,13H,4-7H2,1H3,(H,17,18). The van der Waals surface area contributed by atoms with Gasteiger partial charge in [-0.2, -0.15) is 0 Å². The lowest BCUT2D eigenvalue weighted by Crippen LogP contribution is -2.17. The van der Waals surface area contributed by atoms with E-state index in [1.54, 1.807) is 6.33 Å². The number of hydrogen-bond donors (Lipinski definition) is 2. The number of aryl methyl sites for hydroxylation is 1. The van der Waals surface area contributed by atoms with Gasteiger partial charge in [0.25, 0.3) is 0 Å². The van der Waals surface area contributed by atoms with Gasteiger partial charge in [0.2, 0.25) is 0 Å². The molecule has 0 amide bonds. The molecule has 0 unspecified atom stereocenters. The average molecular weight is 280 g/mol. The zero-order valence-corrected chi connectivity index (χ0v) is 11.5. The lowest BCUT2D eigenvalue weighted by molar-refractivity contribution is -0.136. The first kappa shape index (κ1) is 13.7. The largest absolute Gasteiger partial charge is 0.481 e. The number of carboxylic acid groups (broad SMARTS) is 1. The first-order valence-corrected chi connectivity index (χ1v) is 6.80. The predicted molar refractivity (Wildman–Crippen MR) is 72.1 cm³/mol. The summed E-state index contributed by atoms with van der Waals surface area (Å²) < 4.78 is 1.90. The minimum Gasteiger partial charge on any atom is -0.481 e. The van der Waals surface area contributed by atoms with Crippen LogP contribution in [0, 0.1) is 0 Å². The highest BCUT2D eigenvalue weighted by Gasteiger charge is 2.05. The number of carbonyl (C=O) groups is 1. The van der Waals surface area contributed by atoms with E-state index < -0.39 is 5.97 Å². The second kappa shape index (κ2) is 6.44. The van der Waals surface area contributed by atoms with Crippen LogP contribution in [0.2, 0.25) is 0 Å². The van der Waals surface area contributed by atoms with Crippen LogP contribution in [-0.4, -0.2) is 32.4 Å². The van der Waals surface area contributed by atoms with Gasteiger partial charge in [0.15, 0.2) is 0 Å². The second-order valence-electron chi connectivity index (χ2n) is 4.22. The smallest absolute Gasteiger partial charge is 0.308 e. The molecule has 0 spiro atoms. The van der Waals surface area contributed by atoms with E-state index in [9.17, 15) is 4.79 Å². The van der Waals surface area contributed by atoms with Crippen molar-refractivity contribution in [1.82, 2.24) is 20.1 Å². The SMILES string of the molecule is Cn1cnnc1CCNCc1ccc(CC(=O)O)s1. The number of thiophene rings is 1. The molecule has 0 bridgehead atoms. The molecule has 0 aromatic carbocycles. The van der Waals surface area contributed by atoms with Crippen LogP contribution < -0.4 is 5.32 Å². The topological polar surface area (TPSA) is 80.0 Å². The molecule has 2 aromatic rings. The number of aromatic nitrogens is 3. The van der Waals surface area contributed by atoms with Crippen molar-refractivity contribution in [3.63, 3.8) is 0 Å². The zero-order chi connectivity index (χ0) is 13.7. The van der Waals surface area contributed by atoms with E-state index in [0.29, 0.717) is 0 Å². The third-order valence-corrected chi connectivity index (χ3v) is 3.76. The summed E-state index contributed by atoms with van der Waals surface area (Å²) in [5, 5.41) is 19.8. The summed E-state index contributed by atoms with van der Waals surface area (Å²) >= 11 is 1.54. The van der Waals surface area contributed by atoms with Gasteiger partial charge in [0, 0.05) is 36.3 Å². The molecule has 102 valence electrons. The Bertz CT molecular complexity index is 549. The zero-order valence-electron chi connectivity index (χ0n) is 10.7. The molecule has 0 saturated carbocycles. The van der Waals surface area contributed by atoms with Crippen LogP contribution in [0.3, 0.4) is 0 Å². The van der Waals surface area contributed by atoms with E-state index in [0.717, 1.165) is 35.1 Å². The third-order valence-electron chi connectivity index (χ3n) is 2.67. The first-order valence-electron chi connectivity index (χ1n) is 5.98. The molecular formula is C12H16N4O2S. The summed E-state index contributed by atoms with van der Waals surface area (Å²) in [4.78, 5) is 12.6. The van der Waals surface area contributed by atoms with Crippen molar-refractivity contribution in [2.24, 2.45) is 7.05 Å². The van der Waals surface area contributed by atoms with Gasteiger partial charge in [0.05, 0.1) is 6.42 Å². The molecule has 0 aliphatic heterocycles. The number of hydrogen-bond acceptors (Lipinski definition) is 5. The van der Waals surface area contributed by atoms with Crippen LogP contribution in [0.25, 0.3) is 0 Å². The Labute approximate surface area is 115 Å². The molecule has 0 radical (unpaired) electrons. The van der Waals surface area contributed by atoms with Gasteiger partial charge in [-0.3, -0.25) is 4.79 Å². The monoisotopic (exact) mass is 280 g/mol. The Hall–Kier alpha value is -1.73. The predicted octanol–water partition coefficient (Wildman–Crippen LogP) is 0.836. The van der Waals surface area contributed by atoms with Crippen molar-refractivity contribution in [2.45, 2.75) is 19.4 Å². The Morgan fingerprint density at radius 1 is 1.47 bits per heavy atom. The average Bonchev–Trinajstić information content (AvgIpc) is 2.94. The molecule has 2 N–H and O–H groups in total. The molecule has 7 heteroatoms. The van der Waals surface area contributed by atoms with Crippen LogP contribution in [0.1, 0.15) is 15.6 Å². The van der Waals surface area contributed by atoms with Crippen molar-refractivity contribution >= 4 is 17.3 Å². The summed E-state index contributed by atoms with van der Waals surface area (Å²) in [5.74, 6) is 0.161. The Morgan fingerprint density at radius 3 is 2.95 bits per heavy atom. The van der Waals surface area contributed by atoms with Gasteiger partial charge in [-0.1, -0.05) is 0 Å². The number of aliphatic carboxylic acids is 1. The van der Waals surface area contributed by atoms with E-state index in [4.69, 9.17) is 5.11 Å². The molecule has 2 heterocycles. The van der Waals surface area contributed by atoms with Crippen molar-refractivity contribution < 1.29 is 9.90 Å². The summed E-state index contributed by atoms with van der Waals surface area (Å²) in [6, 6.07) is 3.84. The molecule has 19 heavy (non-hydrogen) atoms. The maximum atomic E-state index is 10.6. The van der Waals surface area contributed by atoms with E-state index in [2.05, 4.69) is 15.5 Å². The summed E-state index contributed by atoms with van der Waals surface area (Å²) in [6.45, 7) is 1.57. The third kappa shape index (κ3) is 4.15. The summed E-state index contributed by atoms with van der Waals surface area (Å²) in [6.07, 6.45) is 2.61. The fourth-order valence-electron chi connectivity index (χ4n) is 1.71. The molecule has 0 aliphatic rings. The second-order valence-corrected chi connectivity index (χ2v) is 5.48. The van der Waals surface area contributed by atoms with E-state index in [1.807, 2.05) is 23.7 Å². The maximum absolute atomic E-state index is 10.6. The highest BCUT2D eigenvalue weighted by atomic mass is 32.1. The van der Waals surface area contributed by atoms with Crippen LogP contribution in [-0.2, 0) is 31.2 Å². The van der Waals surface area contributed by atoms with Crippen LogP contribution in [0.5, 0.6) is 0 Å². The van der Waals surface area contributed by atoms with Crippen molar-refractivity contribution in [2.75, 3.05) is 6.54 Å². The normalized spacial score (nSPS) is 10.8. The van der Waals surface area contributed by atoms with Gasteiger partial charge in [-0.05, 0) is 12.1 Å². The Kier molecular flexibility index (Phi) is 4.64. The molecule has 6 nitrogen and oxygen atoms in total. The Morgan fingerprint density at radius 2 is 2.26 bits per heavy atom. The maximum Gasteiger partial charge on any atom is 0.308 e. The molecule has 2 aromatic heterocycles. The van der Waals surface area contributed by atoms with Crippen LogP contribution in [0.4, 0.5) is 0 Å². The number of nitrogens with one attached hydrogen (secondary N) is 1. The molecular weight excluding hydrogens is 264 g/mol. The van der Waals surface area contributed by atoms with Crippen molar-refractivity contribution in [1.29, 1.82) is 0 Å². The highest BCUT2D eigenvalue weighted by molar-refractivity contribution is 7.12. The molecule has 2 rings (SSSR count).